The number of benzene rings is 1. The molecule has 0 saturated heterocycles. The van der Waals surface area contributed by atoms with Crippen LogP contribution < -0.4 is 5.32 Å². The number of carbonyl (C=O) groups excluding carboxylic acids is 1. The van der Waals surface area contributed by atoms with Gasteiger partial charge in [0, 0.05) is 12.1 Å². The van der Waals surface area contributed by atoms with Crippen LogP contribution in [0.2, 0.25) is 0 Å². The fraction of sp³-hybridized carbons (Fsp3) is 0.462. The second kappa shape index (κ2) is 8.85. The minimum absolute atomic E-state index is 0.213. The zero-order valence-corrected chi connectivity index (χ0v) is 13.8. The average Bonchev–Trinajstić information content (AvgIpc) is 2.36. The Labute approximate surface area is 129 Å². The van der Waals surface area contributed by atoms with Gasteiger partial charge in [-0.3, -0.25) is 4.79 Å². The van der Waals surface area contributed by atoms with Crippen LogP contribution in [0, 0.1) is 5.82 Å². The topological polar surface area (TPSA) is 29.1 Å². The molecule has 1 amide bonds. The quantitative estimate of drug-likeness (QED) is 0.392. The van der Waals surface area contributed by atoms with Gasteiger partial charge in [0.05, 0.1) is 4.47 Å². The van der Waals surface area contributed by atoms with E-state index in [2.05, 4.69) is 43.8 Å². The lowest BCUT2D eigenvalue weighted by Gasteiger charge is -2.05. The molecule has 0 bridgehead atoms. The van der Waals surface area contributed by atoms with Crippen molar-refractivity contribution in [1.29, 1.82) is 0 Å². The van der Waals surface area contributed by atoms with Gasteiger partial charge < -0.3 is 5.32 Å². The molecular weight excluding hydrogens is 412 g/mol. The minimum atomic E-state index is -0.412. The van der Waals surface area contributed by atoms with Crippen molar-refractivity contribution in [2.75, 3.05) is 11.0 Å². The maximum absolute atomic E-state index is 13.2. The van der Waals surface area contributed by atoms with Gasteiger partial charge in [0.25, 0.3) is 5.91 Å². The molecule has 100 valence electrons. The summed E-state index contributed by atoms with van der Waals surface area (Å²) in [6.45, 7) is 0.651. The molecule has 0 fully saturated rings. The Hall–Kier alpha value is -0.170. The first-order valence-corrected chi connectivity index (χ1v) is 8.26. The summed E-state index contributed by atoms with van der Waals surface area (Å²) in [6.07, 6.45) is 4.53. The zero-order chi connectivity index (χ0) is 13.4. The second-order valence-corrected chi connectivity index (χ2v) is 5.92. The van der Waals surface area contributed by atoms with Gasteiger partial charge >= 0.3 is 0 Å². The predicted molar refractivity (Wildman–Crippen MR) is 83.8 cm³/mol. The van der Waals surface area contributed by atoms with E-state index < -0.39 is 5.82 Å². The van der Waals surface area contributed by atoms with E-state index in [4.69, 9.17) is 0 Å². The second-order valence-electron chi connectivity index (χ2n) is 3.99. The molecule has 0 atom stereocenters. The highest BCUT2D eigenvalue weighted by Crippen LogP contribution is 2.16. The zero-order valence-electron chi connectivity index (χ0n) is 10.0. The summed E-state index contributed by atoms with van der Waals surface area (Å²) in [5.41, 5.74) is 0.364. The van der Waals surface area contributed by atoms with Crippen molar-refractivity contribution >= 4 is 44.4 Å². The Balaban J connectivity index is 2.30. The monoisotopic (exact) mass is 427 g/mol. The number of amides is 1. The maximum Gasteiger partial charge on any atom is 0.251 e. The van der Waals surface area contributed by atoms with E-state index in [1.165, 1.54) is 23.3 Å². The lowest BCUT2D eigenvalue weighted by molar-refractivity contribution is 0.0952. The van der Waals surface area contributed by atoms with Crippen LogP contribution >= 0.6 is 38.5 Å². The molecule has 1 rings (SSSR count). The van der Waals surface area contributed by atoms with E-state index in [1.807, 2.05) is 0 Å². The van der Waals surface area contributed by atoms with Gasteiger partial charge in [-0.05, 0) is 51.4 Å². The molecule has 0 saturated carbocycles. The molecule has 1 N–H and O–H groups in total. The molecule has 0 heterocycles. The van der Waals surface area contributed by atoms with Gasteiger partial charge in [0.1, 0.15) is 5.82 Å². The van der Waals surface area contributed by atoms with Gasteiger partial charge in [-0.1, -0.05) is 35.4 Å². The van der Waals surface area contributed by atoms with Crippen LogP contribution in [0.4, 0.5) is 4.39 Å². The Kier molecular flexibility index (Phi) is 7.81. The van der Waals surface area contributed by atoms with Gasteiger partial charge in [0.15, 0.2) is 0 Å². The van der Waals surface area contributed by atoms with E-state index in [0.717, 1.165) is 12.8 Å². The van der Waals surface area contributed by atoms with E-state index in [-0.39, 0.29) is 5.91 Å². The fourth-order valence-corrected chi connectivity index (χ4v) is 2.30. The summed E-state index contributed by atoms with van der Waals surface area (Å²) in [6, 6.07) is 4.40. The van der Waals surface area contributed by atoms with Crippen LogP contribution in [0.5, 0.6) is 0 Å². The Morgan fingerprint density at radius 1 is 1.28 bits per heavy atom. The standard InChI is InChI=1S/C13H16BrFINO/c14-11-6-5-10(9-12(11)15)13(18)17-8-4-2-1-3-7-16/h5-6,9H,1-4,7-8H2,(H,17,18). The molecule has 2 nitrogen and oxygen atoms in total. The number of hydrogen-bond donors (Lipinski definition) is 1. The molecule has 0 aromatic heterocycles. The molecule has 1 aromatic rings. The van der Waals surface area contributed by atoms with Gasteiger partial charge in [0.2, 0.25) is 0 Å². The number of halogens is 3. The van der Waals surface area contributed by atoms with Crippen molar-refractivity contribution < 1.29 is 9.18 Å². The number of rotatable bonds is 7. The average molecular weight is 428 g/mol. The molecular formula is C13H16BrFINO. The summed E-state index contributed by atoms with van der Waals surface area (Å²) in [5, 5.41) is 2.80. The van der Waals surface area contributed by atoms with Crippen molar-refractivity contribution in [2.24, 2.45) is 0 Å². The molecule has 1 aromatic carbocycles. The highest BCUT2D eigenvalue weighted by Gasteiger charge is 2.07. The summed E-state index contributed by atoms with van der Waals surface area (Å²) >= 11 is 5.42. The number of alkyl halides is 1. The van der Waals surface area contributed by atoms with Crippen LogP contribution in [0.25, 0.3) is 0 Å². The van der Waals surface area contributed by atoms with Crippen molar-refractivity contribution in [3.05, 3.63) is 34.1 Å². The lowest BCUT2D eigenvalue weighted by atomic mass is 10.2. The van der Waals surface area contributed by atoms with Crippen molar-refractivity contribution in [2.45, 2.75) is 25.7 Å². The smallest absolute Gasteiger partial charge is 0.251 e. The first kappa shape index (κ1) is 15.9. The predicted octanol–water partition coefficient (Wildman–Crippen LogP) is 4.31. The molecule has 0 aliphatic carbocycles. The summed E-state index contributed by atoms with van der Waals surface area (Å²) in [7, 11) is 0. The minimum Gasteiger partial charge on any atom is -0.352 e. The van der Waals surface area contributed by atoms with Crippen LogP contribution in [-0.2, 0) is 0 Å². The fourth-order valence-electron chi connectivity index (χ4n) is 1.51. The third-order valence-electron chi connectivity index (χ3n) is 2.53. The molecule has 5 heteroatoms. The highest BCUT2D eigenvalue weighted by atomic mass is 127. The van der Waals surface area contributed by atoms with Crippen LogP contribution in [0.3, 0.4) is 0 Å². The maximum atomic E-state index is 13.2. The van der Waals surface area contributed by atoms with Crippen LogP contribution in [0.1, 0.15) is 36.0 Å². The largest absolute Gasteiger partial charge is 0.352 e. The number of hydrogen-bond acceptors (Lipinski definition) is 1. The molecule has 0 unspecified atom stereocenters. The SMILES string of the molecule is O=C(NCCCCCCI)c1ccc(Br)c(F)c1. The summed E-state index contributed by atoms with van der Waals surface area (Å²) < 4.78 is 14.8. The molecule has 0 radical (unpaired) electrons. The summed E-state index contributed by atoms with van der Waals surface area (Å²) in [5.74, 6) is -0.625. The molecule has 0 aliphatic heterocycles. The van der Waals surface area contributed by atoms with Crippen LogP contribution in [0.15, 0.2) is 22.7 Å². The third kappa shape index (κ3) is 5.65. The van der Waals surface area contributed by atoms with Gasteiger partial charge in [-0.25, -0.2) is 4.39 Å². The molecule has 0 spiro atoms. The van der Waals surface area contributed by atoms with Crippen molar-refractivity contribution in [3.63, 3.8) is 0 Å². The van der Waals surface area contributed by atoms with Gasteiger partial charge in [-0.2, -0.15) is 0 Å². The third-order valence-corrected chi connectivity index (χ3v) is 3.93. The van der Waals surface area contributed by atoms with E-state index in [0.29, 0.717) is 16.6 Å². The number of nitrogens with one attached hydrogen (secondary N) is 1. The Morgan fingerprint density at radius 3 is 2.67 bits per heavy atom. The number of carbonyl (C=O) groups is 1. The van der Waals surface area contributed by atoms with E-state index in [1.54, 1.807) is 12.1 Å². The first-order valence-electron chi connectivity index (χ1n) is 5.94. The molecule has 0 aliphatic rings. The summed E-state index contributed by atoms with van der Waals surface area (Å²) in [4.78, 5) is 11.7. The molecule has 18 heavy (non-hydrogen) atoms. The Morgan fingerprint density at radius 2 is 2.00 bits per heavy atom. The van der Waals surface area contributed by atoms with Crippen molar-refractivity contribution in [3.8, 4) is 0 Å². The normalized spacial score (nSPS) is 10.4. The highest BCUT2D eigenvalue weighted by molar-refractivity contribution is 14.1. The van der Waals surface area contributed by atoms with Crippen LogP contribution in [-0.4, -0.2) is 16.9 Å². The first-order chi connectivity index (χ1) is 8.65. The van der Waals surface area contributed by atoms with E-state index >= 15 is 0 Å². The Bertz CT molecular complexity index is 401. The van der Waals surface area contributed by atoms with Crippen molar-refractivity contribution in [1.82, 2.24) is 5.32 Å². The van der Waals surface area contributed by atoms with Gasteiger partial charge in [-0.15, -0.1) is 0 Å². The number of unbranched alkanes of at least 4 members (excludes halogenated alkanes) is 3. The lowest BCUT2D eigenvalue weighted by Crippen LogP contribution is -2.24. The van der Waals surface area contributed by atoms with E-state index in [9.17, 15) is 9.18 Å².